The van der Waals surface area contributed by atoms with Gasteiger partial charge in [0.15, 0.2) is 5.76 Å². The van der Waals surface area contributed by atoms with Crippen molar-refractivity contribution in [2.45, 2.75) is 17.4 Å². The van der Waals surface area contributed by atoms with Gasteiger partial charge in [0, 0.05) is 11.1 Å². The first-order valence-corrected chi connectivity index (χ1v) is 8.17. The van der Waals surface area contributed by atoms with Crippen molar-refractivity contribution in [2.24, 2.45) is 0 Å². The molecule has 0 aliphatic rings. The zero-order valence-corrected chi connectivity index (χ0v) is 13.7. The predicted molar refractivity (Wildman–Crippen MR) is 92.0 cm³/mol. The van der Waals surface area contributed by atoms with Crippen molar-refractivity contribution in [3.8, 4) is 28.3 Å². The van der Waals surface area contributed by atoms with Crippen LogP contribution in [-0.2, 0) is 4.79 Å². The molecule has 0 aliphatic carbocycles. The first-order valence-electron chi connectivity index (χ1n) is 7.29. The molecule has 0 fully saturated rings. The molecule has 3 rings (SSSR count). The number of carboxylic acid groups (broad SMARTS) is 1. The molecule has 0 saturated heterocycles. The van der Waals surface area contributed by atoms with Crippen LogP contribution < -0.4 is 0 Å². The molecular weight excluding hydrogens is 326 g/mol. The van der Waals surface area contributed by atoms with E-state index in [0.717, 1.165) is 22.9 Å². The van der Waals surface area contributed by atoms with Gasteiger partial charge in [-0.15, -0.1) is 0 Å². The van der Waals surface area contributed by atoms with Gasteiger partial charge >= 0.3 is 5.97 Å². The molecule has 6 heteroatoms. The normalized spacial score (nSPS) is 12.0. The summed E-state index contributed by atoms with van der Waals surface area (Å²) in [5.74, 6) is -0.190. The van der Waals surface area contributed by atoms with Gasteiger partial charge in [-0.25, -0.2) is 4.98 Å². The molecule has 1 aromatic heterocycles. The van der Waals surface area contributed by atoms with Crippen molar-refractivity contribution in [3.05, 3.63) is 54.6 Å². The van der Waals surface area contributed by atoms with Crippen molar-refractivity contribution < 1.29 is 19.4 Å². The van der Waals surface area contributed by atoms with Crippen LogP contribution in [0.5, 0.6) is 5.75 Å². The van der Waals surface area contributed by atoms with Gasteiger partial charge < -0.3 is 14.6 Å². The Morgan fingerprint density at radius 1 is 1.08 bits per heavy atom. The Hall–Kier alpha value is -2.73. The number of carboxylic acids is 1. The maximum absolute atomic E-state index is 11.1. The average molecular weight is 341 g/mol. The number of rotatable bonds is 5. The number of oxazole rings is 1. The van der Waals surface area contributed by atoms with E-state index in [2.05, 4.69) is 4.98 Å². The van der Waals surface area contributed by atoms with Gasteiger partial charge in [0.2, 0.25) is 0 Å². The predicted octanol–water partition coefficient (Wildman–Crippen LogP) is 4.28. The lowest BCUT2D eigenvalue weighted by Crippen LogP contribution is -2.10. The van der Waals surface area contributed by atoms with Gasteiger partial charge in [-0.3, -0.25) is 4.79 Å². The van der Waals surface area contributed by atoms with E-state index in [0.29, 0.717) is 16.7 Å². The minimum Gasteiger partial charge on any atom is -0.508 e. The molecule has 2 N–H and O–H groups in total. The molecule has 1 atom stereocenters. The highest BCUT2D eigenvalue weighted by atomic mass is 32.2. The third-order valence-corrected chi connectivity index (χ3v) is 4.34. The van der Waals surface area contributed by atoms with Crippen LogP contribution in [0.15, 0.2) is 64.2 Å². The smallest absolute Gasteiger partial charge is 0.316 e. The van der Waals surface area contributed by atoms with E-state index in [1.54, 1.807) is 31.2 Å². The third kappa shape index (κ3) is 3.44. The highest BCUT2D eigenvalue weighted by Crippen LogP contribution is 2.37. The summed E-state index contributed by atoms with van der Waals surface area (Å²) in [6.07, 6.45) is 0. The van der Waals surface area contributed by atoms with Gasteiger partial charge in [0.1, 0.15) is 16.7 Å². The van der Waals surface area contributed by atoms with Crippen LogP contribution in [0.2, 0.25) is 0 Å². The Bertz CT molecular complexity index is 843. The fraction of sp³-hybridized carbons (Fsp3) is 0.111. The molecule has 0 amide bonds. The summed E-state index contributed by atoms with van der Waals surface area (Å²) in [5, 5.41) is 18.2. The molecule has 0 radical (unpaired) electrons. The van der Waals surface area contributed by atoms with Crippen LogP contribution in [0, 0.1) is 0 Å². The molecule has 2 aromatic carbocycles. The standard InChI is InChI=1S/C18H15NO4S/c1-11(17(21)22)24-18-19-15(12-7-9-14(20)10-8-12)16(23-18)13-5-3-2-4-6-13/h2-11,20H,1H3,(H,21,22). The molecule has 0 saturated carbocycles. The fourth-order valence-electron chi connectivity index (χ4n) is 2.15. The van der Waals surface area contributed by atoms with Crippen LogP contribution in [0.4, 0.5) is 0 Å². The number of aliphatic carboxylic acids is 1. The third-order valence-electron chi connectivity index (χ3n) is 3.41. The second kappa shape index (κ2) is 6.80. The molecule has 122 valence electrons. The summed E-state index contributed by atoms with van der Waals surface area (Å²) in [6.45, 7) is 1.58. The Morgan fingerprint density at radius 2 is 1.75 bits per heavy atom. The topological polar surface area (TPSA) is 83.6 Å². The summed E-state index contributed by atoms with van der Waals surface area (Å²) in [5.41, 5.74) is 2.24. The molecule has 5 nitrogen and oxygen atoms in total. The van der Waals surface area contributed by atoms with E-state index < -0.39 is 11.2 Å². The molecule has 24 heavy (non-hydrogen) atoms. The maximum atomic E-state index is 11.1. The number of phenols is 1. The van der Waals surface area contributed by atoms with Gasteiger partial charge in [0.05, 0.1) is 0 Å². The number of phenolic OH excluding ortho intramolecular Hbond substituents is 1. The zero-order valence-electron chi connectivity index (χ0n) is 12.8. The maximum Gasteiger partial charge on any atom is 0.316 e. The number of hydrogen-bond acceptors (Lipinski definition) is 5. The summed E-state index contributed by atoms with van der Waals surface area (Å²) < 4.78 is 5.83. The lowest BCUT2D eigenvalue weighted by molar-refractivity contribution is -0.136. The molecule has 1 unspecified atom stereocenters. The van der Waals surface area contributed by atoms with E-state index in [1.165, 1.54) is 0 Å². The molecule has 0 bridgehead atoms. The summed E-state index contributed by atoms with van der Waals surface area (Å²) in [6, 6.07) is 16.1. The van der Waals surface area contributed by atoms with Crippen LogP contribution in [0.25, 0.3) is 22.6 Å². The summed E-state index contributed by atoms with van der Waals surface area (Å²) in [4.78, 5) is 15.5. The number of carbonyl (C=O) groups is 1. The first kappa shape index (κ1) is 16.1. The van der Waals surface area contributed by atoms with Crippen molar-refractivity contribution in [1.29, 1.82) is 0 Å². The van der Waals surface area contributed by atoms with E-state index in [4.69, 9.17) is 9.52 Å². The Morgan fingerprint density at radius 3 is 2.38 bits per heavy atom. The van der Waals surface area contributed by atoms with E-state index >= 15 is 0 Å². The average Bonchev–Trinajstić information content (AvgIpc) is 3.00. The Labute approximate surface area is 143 Å². The van der Waals surface area contributed by atoms with Gasteiger partial charge in [-0.1, -0.05) is 42.1 Å². The Balaban J connectivity index is 2.06. The molecule has 3 aromatic rings. The summed E-state index contributed by atoms with van der Waals surface area (Å²) in [7, 11) is 0. The van der Waals surface area contributed by atoms with Crippen LogP contribution in [0.3, 0.4) is 0 Å². The van der Waals surface area contributed by atoms with Crippen molar-refractivity contribution in [3.63, 3.8) is 0 Å². The number of aromatic hydroxyl groups is 1. The van der Waals surface area contributed by atoms with Crippen molar-refractivity contribution >= 4 is 17.7 Å². The lowest BCUT2D eigenvalue weighted by Gasteiger charge is -2.01. The second-order valence-electron chi connectivity index (χ2n) is 5.17. The highest BCUT2D eigenvalue weighted by Gasteiger charge is 2.21. The van der Waals surface area contributed by atoms with Gasteiger partial charge in [0.25, 0.3) is 5.22 Å². The fourth-order valence-corrected chi connectivity index (χ4v) is 2.83. The van der Waals surface area contributed by atoms with Gasteiger partial charge in [-0.2, -0.15) is 0 Å². The van der Waals surface area contributed by atoms with Crippen LogP contribution in [0.1, 0.15) is 6.92 Å². The largest absolute Gasteiger partial charge is 0.508 e. The minimum atomic E-state index is -0.925. The molecular formula is C18H15NO4S. The van der Waals surface area contributed by atoms with Crippen LogP contribution >= 0.6 is 11.8 Å². The molecule has 0 aliphatic heterocycles. The second-order valence-corrected chi connectivity index (χ2v) is 6.46. The number of benzene rings is 2. The van der Waals surface area contributed by atoms with E-state index in [9.17, 15) is 9.90 Å². The van der Waals surface area contributed by atoms with E-state index in [1.807, 2.05) is 30.3 Å². The van der Waals surface area contributed by atoms with Crippen molar-refractivity contribution in [2.75, 3.05) is 0 Å². The monoisotopic (exact) mass is 341 g/mol. The van der Waals surface area contributed by atoms with Crippen molar-refractivity contribution in [1.82, 2.24) is 4.98 Å². The Kier molecular flexibility index (Phi) is 4.57. The lowest BCUT2D eigenvalue weighted by atomic mass is 10.1. The zero-order chi connectivity index (χ0) is 17.1. The van der Waals surface area contributed by atoms with Gasteiger partial charge in [-0.05, 0) is 31.2 Å². The highest BCUT2D eigenvalue weighted by molar-refractivity contribution is 8.00. The summed E-state index contributed by atoms with van der Waals surface area (Å²) >= 11 is 1.05. The van der Waals surface area contributed by atoms with Crippen LogP contribution in [-0.4, -0.2) is 26.4 Å². The van der Waals surface area contributed by atoms with E-state index in [-0.39, 0.29) is 5.75 Å². The number of aromatic nitrogens is 1. The number of thioether (sulfide) groups is 1. The molecule has 0 spiro atoms. The quantitative estimate of drug-likeness (QED) is 0.674. The minimum absolute atomic E-state index is 0.164. The molecule has 1 heterocycles. The number of hydrogen-bond donors (Lipinski definition) is 2. The number of nitrogens with zero attached hydrogens (tertiary/aromatic N) is 1. The first-order chi connectivity index (χ1) is 11.5. The SMILES string of the molecule is CC(Sc1nc(-c2ccc(O)cc2)c(-c2ccccc2)o1)C(=O)O.